The van der Waals surface area contributed by atoms with Crippen molar-refractivity contribution in [2.75, 3.05) is 0 Å². The number of aromatic nitrogens is 2. The zero-order valence-electron chi connectivity index (χ0n) is 12.9. The summed E-state index contributed by atoms with van der Waals surface area (Å²) in [5, 5.41) is 8.69. The van der Waals surface area contributed by atoms with Crippen LogP contribution in [-0.4, -0.2) is 29.0 Å². The third-order valence-corrected chi connectivity index (χ3v) is 4.58. The molecule has 0 amide bonds. The molecule has 0 aliphatic rings. The van der Waals surface area contributed by atoms with E-state index in [-0.39, 0.29) is 24.0 Å². The molecule has 0 spiro atoms. The van der Waals surface area contributed by atoms with Gasteiger partial charge in [0.1, 0.15) is 0 Å². The number of benzene rings is 1. The highest BCUT2D eigenvalue weighted by Crippen LogP contribution is 2.11. The van der Waals surface area contributed by atoms with Crippen LogP contribution in [-0.2, 0) is 27.8 Å². The Morgan fingerprint density at radius 2 is 1.87 bits per heavy atom. The molecule has 124 valence electrons. The van der Waals surface area contributed by atoms with Gasteiger partial charge in [-0.25, -0.2) is 18.1 Å². The summed E-state index contributed by atoms with van der Waals surface area (Å²) in [5.74, 6) is -0.904. The number of carboxylic acids is 1. The molecule has 2 N–H and O–H groups in total. The Morgan fingerprint density at radius 3 is 2.39 bits per heavy atom. The Bertz CT molecular complexity index is 779. The zero-order valence-corrected chi connectivity index (χ0v) is 13.7. The molecular formula is C15H19N3O4S. The maximum atomic E-state index is 12.2. The van der Waals surface area contributed by atoms with Crippen molar-refractivity contribution in [3.63, 3.8) is 0 Å². The fourth-order valence-corrected chi connectivity index (χ4v) is 2.89. The normalized spacial score (nSPS) is 11.8. The minimum absolute atomic E-state index is 0.0197. The molecule has 1 aromatic heterocycles. The molecule has 1 aromatic carbocycles. The standard InChI is InChI=1S/C15H19N3O4S/c1-11(2)18-9-14(16-10-18)23(21,22)17-8-13-5-3-12(4-6-13)7-15(19)20/h3-6,9-11,17H,7-8H2,1-2H3,(H,19,20). The van der Waals surface area contributed by atoms with E-state index in [0.29, 0.717) is 5.56 Å². The average molecular weight is 337 g/mol. The number of carboxylic acid groups (broad SMARTS) is 1. The number of carbonyl (C=O) groups is 1. The topological polar surface area (TPSA) is 101 Å². The van der Waals surface area contributed by atoms with Gasteiger partial charge in [0, 0.05) is 18.8 Å². The Balaban J connectivity index is 2.02. The summed E-state index contributed by atoms with van der Waals surface area (Å²) in [7, 11) is -3.68. The van der Waals surface area contributed by atoms with Crippen LogP contribution in [0.2, 0.25) is 0 Å². The summed E-state index contributed by atoms with van der Waals surface area (Å²) < 4.78 is 28.6. The second-order valence-electron chi connectivity index (χ2n) is 5.46. The Labute approximate surface area is 135 Å². The molecule has 23 heavy (non-hydrogen) atoms. The molecule has 0 fully saturated rings. The highest BCUT2D eigenvalue weighted by atomic mass is 32.2. The molecule has 8 heteroatoms. The van der Waals surface area contributed by atoms with Crippen molar-refractivity contribution in [1.29, 1.82) is 0 Å². The molecular weight excluding hydrogens is 318 g/mol. The minimum atomic E-state index is -3.68. The van der Waals surface area contributed by atoms with E-state index in [1.807, 2.05) is 13.8 Å². The largest absolute Gasteiger partial charge is 0.481 e. The van der Waals surface area contributed by atoms with Crippen molar-refractivity contribution >= 4 is 16.0 Å². The highest BCUT2D eigenvalue weighted by Gasteiger charge is 2.17. The first-order valence-electron chi connectivity index (χ1n) is 7.10. The van der Waals surface area contributed by atoms with Crippen molar-refractivity contribution < 1.29 is 18.3 Å². The maximum Gasteiger partial charge on any atom is 0.307 e. The van der Waals surface area contributed by atoms with Gasteiger partial charge in [0.25, 0.3) is 10.0 Å². The lowest BCUT2D eigenvalue weighted by Gasteiger charge is -2.06. The Morgan fingerprint density at radius 1 is 1.26 bits per heavy atom. The molecule has 0 bridgehead atoms. The SMILES string of the molecule is CC(C)n1cnc(S(=O)(=O)NCc2ccc(CC(=O)O)cc2)c1. The van der Waals surface area contributed by atoms with Crippen molar-refractivity contribution in [2.45, 2.75) is 37.9 Å². The average Bonchev–Trinajstić information content (AvgIpc) is 2.97. The third-order valence-electron chi connectivity index (χ3n) is 3.29. The molecule has 0 saturated heterocycles. The van der Waals surface area contributed by atoms with Crippen LogP contribution in [0.1, 0.15) is 31.0 Å². The minimum Gasteiger partial charge on any atom is -0.481 e. The molecule has 0 aliphatic heterocycles. The summed E-state index contributed by atoms with van der Waals surface area (Å²) in [5.41, 5.74) is 1.41. The number of aliphatic carboxylic acids is 1. The van der Waals surface area contributed by atoms with E-state index in [4.69, 9.17) is 5.11 Å². The van der Waals surface area contributed by atoms with E-state index in [9.17, 15) is 13.2 Å². The second-order valence-corrected chi connectivity index (χ2v) is 7.18. The van der Waals surface area contributed by atoms with Gasteiger partial charge in [0.05, 0.1) is 12.7 Å². The van der Waals surface area contributed by atoms with Crippen LogP contribution in [0.5, 0.6) is 0 Å². The number of nitrogens with one attached hydrogen (secondary N) is 1. The predicted octanol–water partition coefficient (Wildman–Crippen LogP) is 1.57. The van der Waals surface area contributed by atoms with Gasteiger partial charge in [-0.3, -0.25) is 4.79 Å². The monoisotopic (exact) mass is 337 g/mol. The molecule has 2 aromatic rings. The van der Waals surface area contributed by atoms with Crippen molar-refractivity contribution in [2.24, 2.45) is 0 Å². The van der Waals surface area contributed by atoms with Gasteiger partial charge < -0.3 is 9.67 Å². The number of rotatable bonds is 7. The lowest BCUT2D eigenvalue weighted by molar-refractivity contribution is -0.136. The van der Waals surface area contributed by atoms with Crippen molar-refractivity contribution in [3.8, 4) is 0 Å². The maximum absolute atomic E-state index is 12.2. The third kappa shape index (κ3) is 4.64. The summed E-state index contributed by atoms with van der Waals surface area (Å²) >= 11 is 0. The molecule has 0 aliphatic carbocycles. The van der Waals surface area contributed by atoms with E-state index in [0.717, 1.165) is 5.56 Å². The van der Waals surface area contributed by atoms with E-state index in [2.05, 4.69) is 9.71 Å². The van der Waals surface area contributed by atoms with E-state index in [1.165, 1.54) is 12.5 Å². The van der Waals surface area contributed by atoms with Crippen LogP contribution in [0.15, 0.2) is 41.8 Å². The summed E-state index contributed by atoms with van der Waals surface area (Å²) in [6, 6.07) is 6.88. The van der Waals surface area contributed by atoms with Crippen LogP contribution in [0.4, 0.5) is 0 Å². The first-order chi connectivity index (χ1) is 10.8. The predicted molar refractivity (Wildman–Crippen MR) is 84.4 cm³/mol. The van der Waals surface area contributed by atoms with Gasteiger partial charge >= 0.3 is 5.97 Å². The zero-order chi connectivity index (χ0) is 17.0. The van der Waals surface area contributed by atoms with Crippen molar-refractivity contribution in [1.82, 2.24) is 14.3 Å². The molecule has 2 rings (SSSR count). The molecule has 0 saturated carbocycles. The van der Waals surface area contributed by atoms with Crippen LogP contribution in [0.3, 0.4) is 0 Å². The number of imidazole rings is 1. The quantitative estimate of drug-likeness (QED) is 0.798. The number of hydrogen-bond acceptors (Lipinski definition) is 4. The number of hydrogen-bond donors (Lipinski definition) is 2. The fourth-order valence-electron chi connectivity index (χ4n) is 1.94. The lowest BCUT2D eigenvalue weighted by atomic mass is 10.1. The van der Waals surface area contributed by atoms with E-state index < -0.39 is 16.0 Å². The summed E-state index contributed by atoms with van der Waals surface area (Å²) in [6.07, 6.45) is 2.92. The van der Waals surface area contributed by atoms with Crippen LogP contribution >= 0.6 is 0 Å². The van der Waals surface area contributed by atoms with Gasteiger partial charge in [-0.1, -0.05) is 24.3 Å². The second kappa shape index (κ2) is 6.93. The molecule has 0 radical (unpaired) electrons. The summed E-state index contributed by atoms with van der Waals surface area (Å²) in [4.78, 5) is 14.5. The fraction of sp³-hybridized carbons (Fsp3) is 0.333. The van der Waals surface area contributed by atoms with Gasteiger partial charge in [-0.05, 0) is 25.0 Å². The molecule has 0 unspecified atom stereocenters. The van der Waals surface area contributed by atoms with Crippen LogP contribution in [0, 0.1) is 0 Å². The smallest absolute Gasteiger partial charge is 0.307 e. The van der Waals surface area contributed by atoms with Crippen LogP contribution in [0.25, 0.3) is 0 Å². The van der Waals surface area contributed by atoms with Gasteiger partial charge in [-0.2, -0.15) is 0 Å². The lowest BCUT2D eigenvalue weighted by Crippen LogP contribution is -2.23. The number of nitrogens with zero attached hydrogens (tertiary/aromatic N) is 2. The Kier molecular flexibility index (Phi) is 5.17. The Hall–Kier alpha value is -2.19. The molecule has 1 heterocycles. The van der Waals surface area contributed by atoms with E-state index >= 15 is 0 Å². The molecule has 0 atom stereocenters. The molecule has 7 nitrogen and oxygen atoms in total. The van der Waals surface area contributed by atoms with Gasteiger partial charge in [-0.15, -0.1) is 0 Å². The van der Waals surface area contributed by atoms with Crippen LogP contribution < -0.4 is 4.72 Å². The first kappa shape index (κ1) is 17.2. The van der Waals surface area contributed by atoms with E-state index in [1.54, 1.807) is 28.8 Å². The number of sulfonamides is 1. The summed E-state index contributed by atoms with van der Waals surface area (Å²) in [6.45, 7) is 3.98. The highest BCUT2D eigenvalue weighted by molar-refractivity contribution is 7.89. The van der Waals surface area contributed by atoms with Gasteiger partial charge in [0.15, 0.2) is 5.03 Å². The first-order valence-corrected chi connectivity index (χ1v) is 8.59. The van der Waals surface area contributed by atoms with Gasteiger partial charge in [0.2, 0.25) is 0 Å². The van der Waals surface area contributed by atoms with Crippen molar-refractivity contribution in [3.05, 3.63) is 47.9 Å².